The van der Waals surface area contributed by atoms with Crippen LogP contribution in [-0.4, -0.2) is 11.9 Å². The Morgan fingerprint density at radius 2 is 2.42 bits per heavy atom. The van der Waals surface area contributed by atoms with Crippen LogP contribution in [0.15, 0.2) is 0 Å². The number of carbonyl (C=O) groups is 1. The van der Waals surface area contributed by atoms with Gasteiger partial charge in [0.25, 0.3) is 0 Å². The second-order valence-electron chi connectivity index (χ2n) is 3.25. The summed E-state index contributed by atoms with van der Waals surface area (Å²) in [5.74, 6) is 0.271. The quantitative estimate of drug-likeness (QED) is 0.682. The molecule has 3 nitrogen and oxygen atoms in total. The lowest BCUT2D eigenvalue weighted by Crippen LogP contribution is -2.34. The molecule has 0 aromatic heterocycles. The average Bonchev–Trinajstić information content (AvgIpc) is 2.85. The molecule has 0 aromatic carbocycles. The maximum atomic E-state index is 11.2. The third-order valence-electron chi connectivity index (χ3n) is 2.00. The second kappa shape index (κ2) is 4.10. The Labute approximate surface area is 72.8 Å². The molecule has 3 heteroatoms. The number of nitrogens with one attached hydrogen (secondary N) is 1. The summed E-state index contributed by atoms with van der Waals surface area (Å²) in [5, 5.41) is 11.4. The highest BCUT2D eigenvalue weighted by atomic mass is 16.2. The minimum atomic E-state index is -0.275. The molecular formula is C9H14N2O. The van der Waals surface area contributed by atoms with E-state index in [0.717, 1.165) is 25.7 Å². The van der Waals surface area contributed by atoms with E-state index >= 15 is 0 Å². The molecule has 1 amide bonds. The Hall–Kier alpha value is -1.04. The van der Waals surface area contributed by atoms with Crippen LogP contribution < -0.4 is 5.32 Å². The van der Waals surface area contributed by atoms with Crippen molar-refractivity contribution in [1.82, 2.24) is 5.32 Å². The van der Waals surface area contributed by atoms with E-state index in [4.69, 9.17) is 5.26 Å². The zero-order chi connectivity index (χ0) is 8.97. The zero-order valence-corrected chi connectivity index (χ0v) is 7.34. The SMILES string of the molecule is CCCC(C#N)NC(=O)C1CC1. The van der Waals surface area contributed by atoms with Gasteiger partial charge >= 0.3 is 0 Å². The first kappa shape index (κ1) is 9.05. The van der Waals surface area contributed by atoms with E-state index in [1.807, 2.05) is 6.92 Å². The topological polar surface area (TPSA) is 52.9 Å². The first-order valence-corrected chi connectivity index (χ1v) is 4.48. The Morgan fingerprint density at radius 1 is 1.75 bits per heavy atom. The van der Waals surface area contributed by atoms with Gasteiger partial charge in [-0.3, -0.25) is 4.79 Å². The van der Waals surface area contributed by atoms with Gasteiger partial charge in [0.2, 0.25) is 5.91 Å². The lowest BCUT2D eigenvalue weighted by molar-refractivity contribution is -0.122. The molecule has 0 bridgehead atoms. The van der Waals surface area contributed by atoms with Gasteiger partial charge in [0.05, 0.1) is 6.07 Å². The van der Waals surface area contributed by atoms with E-state index in [0.29, 0.717) is 0 Å². The minimum Gasteiger partial charge on any atom is -0.340 e. The molecule has 66 valence electrons. The standard InChI is InChI=1S/C9H14N2O/c1-2-3-8(6-10)11-9(12)7-4-5-7/h7-8H,2-5H2,1H3,(H,11,12). The zero-order valence-electron chi connectivity index (χ0n) is 7.34. The number of nitriles is 1. The smallest absolute Gasteiger partial charge is 0.224 e. The van der Waals surface area contributed by atoms with Crippen LogP contribution in [0.1, 0.15) is 32.6 Å². The molecule has 1 fully saturated rings. The van der Waals surface area contributed by atoms with Gasteiger partial charge in [0, 0.05) is 5.92 Å². The Balaban J connectivity index is 2.26. The number of rotatable bonds is 4. The highest BCUT2D eigenvalue weighted by molar-refractivity contribution is 5.81. The van der Waals surface area contributed by atoms with Gasteiger partial charge < -0.3 is 5.32 Å². The molecule has 1 unspecified atom stereocenters. The third-order valence-corrected chi connectivity index (χ3v) is 2.00. The van der Waals surface area contributed by atoms with Gasteiger partial charge in [-0.25, -0.2) is 0 Å². The van der Waals surface area contributed by atoms with Crippen LogP contribution in [0, 0.1) is 17.2 Å². The molecule has 0 spiro atoms. The Morgan fingerprint density at radius 3 is 2.83 bits per heavy atom. The normalized spacial score (nSPS) is 18.0. The van der Waals surface area contributed by atoms with Crippen LogP contribution in [0.4, 0.5) is 0 Å². The Bertz CT molecular complexity index is 203. The van der Waals surface area contributed by atoms with Gasteiger partial charge in [-0.15, -0.1) is 0 Å². The van der Waals surface area contributed by atoms with Crippen molar-refractivity contribution in [2.45, 2.75) is 38.6 Å². The summed E-state index contributed by atoms with van der Waals surface area (Å²) in [6, 6.07) is 1.81. The molecule has 1 saturated carbocycles. The maximum Gasteiger partial charge on any atom is 0.224 e. The molecule has 0 saturated heterocycles. The predicted octanol–water partition coefficient (Wildman–Crippen LogP) is 1.20. The van der Waals surface area contributed by atoms with E-state index in [-0.39, 0.29) is 17.9 Å². The molecule has 0 radical (unpaired) electrons. The molecule has 1 aliphatic rings. The fourth-order valence-corrected chi connectivity index (χ4v) is 1.09. The molecule has 12 heavy (non-hydrogen) atoms. The summed E-state index contributed by atoms with van der Waals surface area (Å²) in [4.78, 5) is 11.2. The number of hydrogen-bond acceptors (Lipinski definition) is 2. The monoisotopic (exact) mass is 166 g/mol. The molecule has 1 rings (SSSR count). The van der Waals surface area contributed by atoms with E-state index < -0.39 is 0 Å². The summed E-state index contributed by atoms with van der Waals surface area (Å²) in [6.07, 6.45) is 3.68. The number of nitrogens with zero attached hydrogens (tertiary/aromatic N) is 1. The number of carbonyl (C=O) groups excluding carboxylic acids is 1. The minimum absolute atomic E-state index is 0.0648. The molecular weight excluding hydrogens is 152 g/mol. The van der Waals surface area contributed by atoms with Crippen LogP contribution in [-0.2, 0) is 4.79 Å². The largest absolute Gasteiger partial charge is 0.340 e. The third kappa shape index (κ3) is 2.54. The van der Waals surface area contributed by atoms with Crippen LogP contribution >= 0.6 is 0 Å². The lowest BCUT2D eigenvalue weighted by Gasteiger charge is -2.08. The molecule has 1 aliphatic carbocycles. The van der Waals surface area contributed by atoms with Gasteiger partial charge in [-0.05, 0) is 19.3 Å². The summed E-state index contributed by atoms with van der Waals surface area (Å²) < 4.78 is 0. The lowest BCUT2D eigenvalue weighted by atomic mass is 10.2. The predicted molar refractivity (Wildman–Crippen MR) is 45.2 cm³/mol. The number of amides is 1. The van der Waals surface area contributed by atoms with Gasteiger partial charge in [-0.2, -0.15) is 5.26 Å². The molecule has 0 aromatic rings. The molecule has 1 N–H and O–H groups in total. The van der Waals surface area contributed by atoms with Crippen molar-refractivity contribution in [2.75, 3.05) is 0 Å². The maximum absolute atomic E-state index is 11.2. The van der Waals surface area contributed by atoms with Gasteiger partial charge in [0.15, 0.2) is 0 Å². The van der Waals surface area contributed by atoms with Crippen LogP contribution in [0.5, 0.6) is 0 Å². The summed E-state index contributed by atoms with van der Waals surface area (Å²) in [7, 11) is 0. The fraction of sp³-hybridized carbons (Fsp3) is 0.778. The Kier molecular flexibility index (Phi) is 3.09. The molecule has 1 atom stereocenters. The number of hydrogen-bond donors (Lipinski definition) is 1. The van der Waals surface area contributed by atoms with Crippen LogP contribution in [0.2, 0.25) is 0 Å². The van der Waals surface area contributed by atoms with E-state index in [9.17, 15) is 4.79 Å². The first-order chi connectivity index (χ1) is 5.77. The average molecular weight is 166 g/mol. The first-order valence-electron chi connectivity index (χ1n) is 4.48. The van der Waals surface area contributed by atoms with Crippen molar-refractivity contribution < 1.29 is 4.79 Å². The van der Waals surface area contributed by atoms with Gasteiger partial charge in [-0.1, -0.05) is 13.3 Å². The highest BCUT2D eigenvalue weighted by Crippen LogP contribution is 2.28. The second-order valence-corrected chi connectivity index (χ2v) is 3.25. The van der Waals surface area contributed by atoms with Crippen molar-refractivity contribution in [3.05, 3.63) is 0 Å². The van der Waals surface area contributed by atoms with Crippen molar-refractivity contribution in [1.29, 1.82) is 5.26 Å². The van der Waals surface area contributed by atoms with Crippen molar-refractivity contribution in [3.63, 3.8) is 0 Å². The van der Waals surface area contributed by atoms with E-state index in [2.05, 4.69) is 11.4 Å². The van der Waals surface area contributed by atoms with E-state index in [1.165, 1.54) is 0 Å². The summed E-state index contributed by atoms with van der Waals surface area (Å²) in [6.45, 7) is 2.01. The van der Waals surface area contributed by atoms with E-state index in [1.54, 1.807) is 0 Å². The summed E-state index contributed by atoms with van der Waals surface area (Å²) in [5.41, 5.74) is 0. The van der Waals surface area contributed by atoms with Gasteiger partial charge in [0.1, 0.15) is 6.04 Å². The van der Waals surface area contributed by atoms with Crippen molar-refractivity contribution >= 4 is 5.91 Å². The molecule has 0 aliphatic heterocycles. The highest BCUT2D eigenvalue weighted by Gasteiger charge is 2.30. The summed E-state index contributed by atoms with van der Waals surface area (Å²) >= 11 is 0. The fourth-order valence-electron chi connectivity index (χ4n) is 1.09. The van der Waals surface area contributed by atoms with Crippen molar-refractivity contribution in [3.8, 4) is 6.07 Å². The van der Waals surface area contributed by atoms with Crippen LogP contribution in [0.3, 0.4) is 0 Å². The van der Waals surface area contributed by atoms with Crippen molar-refractivity contribution in [2.24, 2.45) is 5.92 Å². The van der Waals surface area contributed by atoms with Crippen LogP contribution in [0.25, 0.3) is 0 Å². The molecule has 0 heterocycles.